The first-order valence-corrected chi connectivity index (χ1v) is 5.19. The maximum Gasteiger partial charge on any atom is 0.194 e. The van der Waals surface area contributed by atoms with Crippen LogP contribution in [0.5, 0.6) is 0 Å². The lowest BCUT2D eigenvalue weighted by atomic mass is 10.00. The fourth-order valence-electron chi connectivity index (χ4n) is 2.01. The van der Waals surface area contributed by atoms with E-state index in [-0.39, 0.29) is 22.5 Å². The number of halogens is 1. The third-order valence-corrected chi connectivity index (χ3v) is 2.77. The summed E-state index contributed by atoms with van der Waals surface area (Å²) < 4.78 is 13.1. The van der Waals surface area contributed by atoms with Gasteiger partial charge in [0.25, 0.3) is 0 Å². The highest BCUT2D eigenvalue weighted by molar-refractivity contribution is 6.27. The molecule has 0 aliphatic heterocycles. The van der Waals surface area contributed by atoms with Crippen LogP contribution in [0, 0.1) is 28.5 Å². The Kier molecular flexibility index (Phi) is 2.79. The quantitative estimate of drug-likeness (QED) is 0.515. The lowest BCUT2D eigenvalue weighted by molar-refractivity contribution is 0.104. The maximum atomic E-state index is 13.1. The summed E-state index contributed by atoms with van der Waals surface area (Å²) >= 11 is 0. The zero-order chi connectivity index (χ0) is 13.3. The fourth-order valence-corrected chi connectivity index (χ4v) is 2.01. The molecule has 1 aromatic carbocycles. The summed E-state index contributed by atoms with van der Waals surface area (Å²) in [5.74, 6) is -0.876. The first kappa shape index (κ1) is 11.8. The van der Waals surface area contributed by atoms with Gasteiger partial charge in [0.15, 0.2) is 5.78 Å². The highest BCUT2D eigenvalue weighted by atomic mass is 19.1. The third kappa shape index (κ3) is 1.52. The minimum Gasteiger partial charge on any atom is -0.289 e. The topological polar surface area (TPSA) is 64.7 Å². The molecule has 0 saturated carbocycles. The van der Waals surface area contributed by atoms with Gasteiger partial charge in [0.05, 0.1) is 0 Å². The average Bonchev–Trinajstić information content (AvgIpc) is 2.64. The summed E-state index contributed by atoms with van der Waals surface area (Å²) in [6.07, 6.45) is 1.53. The van der Waals surface area contributed by atoms with Crippen molar-refractivity contribution < 1.29 is 9.18 Å². The van der Waals surface area contributed by atoms with Crippen molar-refractivity contribution in [2.75, 3.05) is 0 Å². The number of carbonyl (C=O) groups is 1. The van der Waals surface area contributed by atoms with Crippen molar-refractivity contribution in [3.63, 3.8) is 0 Å². The summed E-state index contributed by atoms with van der Waals surface area (Å²) in [4.78, 5) is 12.0. The van der Waals surface area contributed by atoms with Crippen LogP contribution in [0.15, 0.2) is 35.4 Å². The molecule has 0 atom stereocenters. The average molecular weight is 238 g/mol. The monoisotopic (exact) mass is 238 g/mol. The zero-order valence-corrected chi connectivity index (χ0v) is 9.49. The van der Waals surface area contributed by atoms with Crippen molar-refractivity contribution in [2.45, 2.75) is 6.92 Å². The van der Waals surface area contributed by atoms with E-state index in [0.717, 1.165) is 6.07 Å². The Morgan fingerprint density at radius 3 is 2.50 bits per heavy atom. The maximum absolute atomic E-state index is 13.1. The Hall–Kier alpha value is -2.72. The van der Waals surface area contributed by atoms with Crippen LogP contribution in [0.3, 0.4) is 0 Å². The normalized spacial score (nSPS) is 15.2. The number of ketones is 1. The van der Waals surface area contributed by atoms with E-state index >= 15 is 0 Å². The van der Waals surface area contributed by atoms with Crippen LogP contribution in [0.2, 0.25) is 0 Å². The van der Waals surface area contributed by atoms with Crippen molar-refractivity contribution >= 4 is 11.4 Å². The molecule has 18 heavy (non-hydrogen) atoms. The van der Waals surface area contributed by atoms with Gasteiger partial charge < -0.3 is 0 Å². The van der Waals surface area contributed by atoms with Crippen molar-refractivity contribution in [3.8, 4) is 12.1 Å². The van der Waals surface area contributed by atoms with Crippen molar-refractivity contribution in [1.29, 1.82) is 10.5 Å². The van der Waals surface area contributed by atoms with Gasteiger partial charge in [0.2, 0.25) is 0 Å². The highest BCUT2D eigenvalue weighted by Crippen LogP contribution is 2.38. The summed E-state index contributed by atoms with van der Waals surface area (Å²) in [6.45, 7) is 1.64. The van der Waals surface area contributed by atoms with E-state index in [9.17, 15) is 9.18 Å². The smallest absolute Gasteiger partial charge is 0.194 e. The summed E-state index contributed by atoms with van der Waals surface area (Å²) in [5, 5.41) is 17.8. The van der Waals surface area contributed by atoms with E-state index < -0.39 is 5.82 Å². The van der Waals surface area contributed by atoms with E-state index in [4.69, 9.17) is 10.5 Å². The third-order valence-electron chi connectivity index (χ3n) is 2.77. The Balaban J connectivity index is 2.87. The highest BCUT2D eigenvalue weighted by Gasteiger charge is 2.32. The summed E-state index contributed by atoms with van der Waals surface area (Å²) in [7, 11) is 0. The minimum absolute atomic E-state index is 0.137. The molecule has 0 aromatic heterocycles. The minimum atomic E-state index is -0.519. The number of rotatable bonds is 0. The lowest BCUT2D eigenvalue weighted by Crippen LogP contribution is -1.95. The first-order valence-electron chi connectivity index (χ1n) is 5.19. The second-order valence-electron chi connectivity index (χ2n) is 3.69. The molecule has 4 heteroatoms. The largest absolute Gasteiger partial charge is 0.289 e. The van der Waals surface area contributed by atoms with Crippen LogP contribution in [0.1, 0.15) is 22.8 Å². The van der Waals surface area contributed by atoms with Crippen LogP contribution in [0.25, 0.3) is 5.57 Å². The van der Waals surface area contributed by atoms with E-state index in [1.54, 1.807) is 19.1 Å². The summed E-state index contributed by atoms with van der Waals surface area (Å²) in [5.41, 5.74) is 1.06. The zero-order valence-electron chi connectivity index (χ0n) is 9.49. The number of carbonyl (C=O) groups excluding carboxylic acids is 1. The Bertz CT molecular complexity index is 683. The van der Waals surface area contributed by atoms with Gasteiger partial charge >= 0.3 is 0 Å². The molecule has 86 valence electrons. The van der Waals surface area contributed by atoms with Gasteiger partial charge in [-0.1, -0.05) is 12.1 Å². The predicted molar refractivity (Wildman–Crippen MR) is 62.6 cm³/mol. The van der Waals surface area contributed by atoms with Crippen LogP contribution in [-0.4, -0.2) is 5.78 Å². The molecule has 1 aliphatic carbocycles. The van der Waals surface area contributed by atoms with Crippen molar-refractivity contribution in [3.05, 3.63) is 52.4 Å². The van der Waals surface area contributed by atoms with Crippen LogP contribution in [0.4, 0.5) is 4.39 Å². The molecule has 0 radical (unpaired) electrons. The SMILES string of the molecule is C/C=C1\C(=O)c2cc(F)ccc2C1=C(C#N)C#N. The number of benzene rings is 1. The molecular formula is C14H7FN2O. The van der Waals surface area contributed by atoms with Crippen LogP contribution >= 0.6 is 0 Å². The predicted octanol–water partition coefficient (Wildman–Crippen LogP) is 2.77. The summed E-state index contributed by atoms with van der Waals surface area (Å²) in [6, 6.07) is 7.28. The standard InChI is InChI=1S/C14H7FN2O/c1-2-10-13(8(6-16)7-17)11-4-3-9(15)5-12(11)14(10)18/h2-5H,1H3/b10-2-. The van der Waals surface area contributed by atoms with E-state index in [0.29, 0.717) is 11.1 Å². The van der Waals surface area contributed by atoms with E-state index in [2.05, 4.69) is 0 Å². The molecule has 0 spiro atoms. The number of nitrogens with zero attached hydrogens (tertiary/aromatic N) is 2. The molecule has 0 heterocycles. The number of allylic oxidation sites excluding steroid dienone is 4. The molecule has 3 nitrogen and oxygen atoms in total. The molecule has 0 N–H and O–H groups in total. The van der Waals surface area contributed by atoms with Gasteiger partial charge in [-0.2, -0.15) is 10.5 Å². The number of hydrogen-bond acceptors (Lipinski definition) is 3. The molecule has 0 bridgehead atoms. The first-order chi connectivity index (χ1) is 8.63. The number of nitriles is 2. The van der Waals surface area contributed by atoms with Crippen LogP contribution < -0.4 is 0 Å². The van der Waals surface area contributed by atoms with Gasteiger partial charge in [-0.05, 0) is 24.6 Å². The Morgan fingerprint density at radius 2 is 1.94 bits per heavy atom. The number of fused-ring (bicyclic) bond motifs is 1. The van der Waals surface area contributed by atoms with Gasteiger partial charge in [-0.15, -0.1) is 0 Å². The van der Waals surface area contributed by atoms with Gasteiger partial charge in [-0.3, -0.25) is 4.79 Å². The lowest BCUT2D eigenvalue weighted by Gasteiger charge is -2.00. The molecular weight excluding hydrogens is 231 g/mol. The van der Waals surface area contributed by atoms with Gasteiger partial charge in [-0.25, -0.2) is 4.39 Å². The van der Waals surface area contributed by atoms with E-state index in [1.807, 2.05) is 0 Å². The molecule has 0 saturated heterocycles. The second-order valence-corrected chi connectivity index (χ2v) is 3.69. The van der Waals surface area contributed by atoms with Crippen LogP contribution in [-0.2, 0) is 0 Å². The molecule has 1 aromatic rings. The van der Waals surface area contributed by atoms with Crippen molar-refractivity contribution in [2.24, 2.45) is 0 Å². The van der Waals surface area contributed by atoms with E-state index in [1.165, 1.54) is 18.2 Å². The molecule has 1 aliphatic rings. The molecule has 0 unspecified atom stereocenters. The van der Waals surface area contributed by atoms with Gasteiger partial charge in [0.1, 0.15) is 23.5 Å². The molecule has 0 amide bonds. The van der Waals surface area contributed by atoms with Crippen molar-refractivity contribution in [1.82, 2.24) is 0 Å². The number of Topliss-reactive ketones (excluding diaryl/α,β-unsaturated/α-hetero) is 1. The molecule has 0 fully saturated rings. The molecule has 2 rings (SSSR count). The number of hydrogen-bond donors (Lipinski definition) is 0. The Labute approximate surface area is 103 Å². The Morgan fingerprint density at radius 1 is 1.28 bits per heavy atom. The fraction of sp³-hybridized carbons (Fsp3) is 0.0714. The second kappa shape index (κ2) is 4.27. The van der Waals surface area contributed by atoms with Gasteiger partial charge in [0, 0.05) is 16.7 Å².